The molecule has 0 bridgehead atoms. The highest BCUT2D eigenvalue weighted by Crippen LogP contribution is 2.14. The van der Waals surface area contributed by atoms with Crippen molar-refractivity contribution in [3.8, 4) is 0 Å². The first-order valence-electron chi connectivity index (χ1n) is 5.80. The van der Waals surface area contributed by atoms with Crippen LogP contribution in [0.5, 0.6) is 0 Å². The van der Waals surface area contributed by atoms with Crippen LogP contribution in [0.3, 0.4) is 0 Å². The van der Waals surface area contributed by atoms with Crippen LogP contribution in [-0.4, -0.2) is 31.3 Å². The molecule has 0 aliphatic carbocycles. The molecule has 1 aliphatic heterocycles. The highest BCUT2D eigenvalue weighted by molar-refractivity contribution is 5.89. The molecule has 0 radical (unpaired) electrons. The first-order valence-corrected chi connectivity index (χ1v) is 5.80. The van der Waals surface area contributed by atoms with Gasteiger partial charge in [-0.3, -0.25) is 0 Å². The molecule has 92 valence electrons. The lowest BCUT2D eigenvalue weighted by molar-refractivity contribution is 0.0211. The Bertz CT molecular complexity index is 382. The minimum absolute atomic E-state index is 0.0903. The summed E-state index contributed by atoms with van der Waals surface area (Å²) in [5.41, 5.74) is 1.58. The molecule has 0 unspecified atom stereocenters. The maximum absolute atomic E-state index is 11.6. The largest absolute Gasteiger partial charge is 0.459 e. The van der Waals surface area contributed by atoms with Gasteiger partial charge in [-0.25, -0.2) is 4.79 Å². The molecule has 17 heavy (non-hydrogen) atoms. The lowest BCUT2D eigenvalue weighted by Gasteiger charge is -2.27. The number of carbonyl (C=O) groups is 1. The smallest absolute Gasteiger partial charge is 0.338 e. The van der Waals surface area contributed by atoms with Crippen LogP contribution in [0.15, 0.2) is 24.3 Å². The summed E-state index contributed by atoms with van der Waals surface area (Å²) in [6, 6.07) is 7.70. The molecule has 1 fully saturated rings. The van der Waals surface area contributed by atoms with E-state index in [0.717, 1.165) is 18.9 Å². The molecule has 0 aromatic heterocycles. The van der Waals surface area contributed by atoms with Crippen molar-refractivity contribution in [3.63, 3.8) is 0 Å². The predicted octanol–water partition coefficient (Wildman–Crippen LogP) is 2.06. The number of carbonyl (C=O) groups excluding carboxylic acids is 1. The third-order valence-corrected chi connectivity index (χ3v) is 2.47. The molecule has 1 aromatic carbocycles. The Balaban J connectivity index is 1.94. The Labute approximate surface area is 101 Å². The Morgan fingerprint density at radius 2 is 2.00 bits per heavy atom. The summed E-state index contributed by atoms with van der Waals surface area (Å²) in [6.45, 7) is 5.17. The maximum Gasteiger partial charge on any atom is 0.338 e. The second kappa shape index (κ2) is 5.19. The Kier molecular flexibility index (Phi) is 3.64. The monoisotopic (exact) mass is 235 g/mol. The number of benzene rings is 1. The third kappa shape index (κ3) is 3.20. The van der Waals surface area contributed by atoms with Crippen LogP contribution in [0, 0.1) is 0 Å². The second-order valence-corrected chi connectivity index (χ2v) is 4.41. The summed E-state index contributed by atoms with van der Waals surface area (Å²) in [5.74, 6) is -0.279. The average Bonchev–Trinajstić information content (AvgIpc) is 2.23. The Morgan fingerprint density at radius 3 is 2.47 bits per heavy atom. The van der Waals surface area contributed by atoms with Crippen molar-refractivity contribution in [3.05, 3.63) is 29.8 Å². The van der Waals surface area contributed by atoms with E-state index in [1.807, 2.05) is 26.0 Å². The fourth-order valence-electron chi connectivity index (χ4n) is 1.54. The van der Waals surface area contributed by atoms with Crippen molar-refractivity contribution in [1.29, 1.82) is 0 Å². The first kappa shape index (κ1) is 11.9. The van der Waals surface area contributed by atoms with Gasteiger partial charge in [0.25, 0.3) is 0 Å². The van der Waals surface area contributed by atoms with Crippen LogP contribution in [0.25, 0.3) is 0 Å². The quantitative estimate of drug-likeness (QED) is 0.811. The van der Waals surface area contributed by atoms with E-state index in [1.54, 1.807) is 12.1 Å². The van der Waals surface area contributed by atoms with Crippen molar-refractivity contribution in [2.45, 2.75) is 26.0 Å². The van der Waals surface area contributed by atoms with Gasteiger partial charge in [-0.15, -0.1) is 0 Å². The zero-order valence-electron chi connectivity index (χ0n) is 10.1. The number of hydrogen-bond acceptors (Lipinski definition) is 4. The van der Waals surface area contributed by atoms with Gasteiger partial charge >= 0.3 is 5.97 Å². The molecule has 1 aromatic rings. The number of nitrogens with one attached hydrogen (secondary N) is 1. The van der Waals surface area contributed by atoms with Gasteiger partial charge < -0.3 is 14.8 Å². The fraction of sp³-hybridized carbons (Fsp3) is 0.462. The Hall–Kier alpha value is -1.55. The van der Waals surface area contributed by atoms with E-state index >= 15 is 0 Å². The molecule has 1 heterocycles. The summed E-state index contributed by atoms with van der Waals surface area (Å²) in [5, 5.41) is 3.31. The minimum atomic E-state index is -0.279. The van der Waals surface area contributed by atoms with Crippen molar-refractivity contribution in [2.75, 3.05) is 18.5 Å². The lowest BCUT2D eigenvalue weighted by Crippen LogP contribution is -2.40. The fourth-order valence-corrected chi connectivity index (χ4v) is 1.54. The maximum atomic E-state index is 11.6. The van der Waals surface area contributed by atoms with E-state index < -0.39 is 0 Å². The van der Waals surface area contributed by atoms with Crippen molar-refractivity contribution in [2.24, 2.45) is 0 Å². The zero-order valence-corrected chi connectivity index (χ0v) is 10.1. The summed E-state index contributed by atoms with van der Waals surface area (Å²) in [7, 11) is 0. The van der Waals surface area contributed by atoms with Crippen LogP contribution in [0.2, 0.25) is 0 Å². The highest BCUT2D eigenvalue weighted by Gasteiger charge is 2.17. The molecule has 1 saturated heterocycles. The Morgan fingerprint density at radius 1 is 1.35 bits per heavy atom. The van der Waals surface area contributed by atoms with Crippen LogP contribution < -0.4 is 5.32 Å². The number of esters is 1. The van der Waals surface area contributed by atoms with Gasteiger partial charge in [0, 0.05) is 5.69 Å². The molecule has 1 aliphatic rings. The molecule has 2 rings (SSSR count). The predicted molar refractivity (Wildman–Crippen MR) is 65.2 cm³/mol. The number of anilines is 1. The molecular formula is C13H17NO3. The number of ether oxygens (including phenoxy) is 2. The molecule has 0 amide bonds. The van der Waals surface area contributed by atoms with Gasteiger partial charge in [0.1, 0.15) is 0 Å². The number of rotatable bonds is 4. The van der Waals surface area contributed by atoms with Gasteiger partial charge in [0.05, 0.1) is 30.9 Å². The van der Waals surface area contributed by atoms with E-state index in [0.29, 0.717) is 11.6 Å². The van der Waals surface area contributed by atoms with Crippen LogP contribution in [0.4, 0.5) is 5.69 Å². The molecule has 4 nitrogen and oxygen atoms in total. The zero-order chi connectivity index (χ0) is 12.3. The van der Waals surface area contributed by atoms with Gasteiger partial charge in [-0.2, -0.15) is 0 Å². The molecular weight excluding hydrogens is 218 g/mol. The van der Waals surface area contributed by atoms with E-state index in [9.17, 15) is 4.79 Å². The normalized spacial score (nSPS) is 15.5. The first-order chi connectivity index (χ1) is 8.15. The van der Waals surface area contributed by atoms with Crippen molar-refractivity contribution >= 4 is 11.7 Å². The van der Waals surface area contributed by atoms with E-state index in [2.05, 4.69) is 5.32 Å². The molecule has 4 heteroatoms. The third-order valence-electron chi connectivity index (χ3n) is 2.47. The number of hydrogen-bond donors (Lipinski definition) is 1. The van der Waals surface area contributed by atoms with Gasteiger partial charge in [-0.1, -0.05) is 0 Å². The molecule has 1 N–H and O–H groups in total. The summed E-state index contributed by atoms with van der Waals surface area (Å²) in [4.78, 5) is 11.6. The topological polar surface area (TPSA) is 47.6 Å². The second-order valence-electron chi connectivity index (χ2n) is 4.41. The van der Waals surface area contributed by atoms with Gasteiger partial charge in [-0.05, 0) is 38.1 Å². The summed E-state index contributed by atoms with van der Waals surface area (Å²) < 4.78 is 10.2. The van der Waals surface area contributed by atoms with Crippen molar-refractivity contribution < 1.29 is 14.3 Å². The minimum Gasteiger partial charge on any atom is -0.459 e. The van der Waals surface area contributed by atoms with Crippen molar-refractivity contribution in [1.82, 2.24) is 0 Å². The van der Waals surface area contributed by atoms with Crippen LogP contribution in [-0.2, 0) is 9.47 Å². The molecule has 0 spiro atoms. The highest BCUT2D eigenvalue weighted by atomic mass is 16.5. The standard InChI is InChI=1S/C13H17NO3/c1-9(2)17-13(15)10-3-5-11(6-4-10)14-12-7-16-8-12/h3-6,9,12,14H,7-8H2,1-2H3. The summed E-state index contributed by atoms with van der Waals surface area (Å²) >= 11 is 0. The van der Waals surface area contributed by atoms with E-state index in [1.165, 1.54) is 0 Å². The SMILES string of the molecule is CC(C)OC(=O)c1ccc(NC2COC2)cc1. The summed E-state index contributed by atoms with van der Waals surface area (Å²) in [6.07, 6.45) is -0.0903. The molecule has 0 atom stereocenters. The molecule has 0 saturated carbocycles. The average molecular weight is 235 g/mol. The van der Waals surface area contributed by atoms with E-state index in [4.69, 9.17) is 9.47 Å². The van der Waals surface area contributed by atoms with E-state index in [-0.39, 0.29) is 12.1 Å². The van der Waals surface area contributed by atoms with Gasteiger partial charge in [0.2, 0.25) is 0 Å². The van der Waals surface area contributed by atoms with Crippen LogP contribution >= 0.6 is 0 Å². The van der Waals surface area contributed by atoms with Crippen LogP contribution in [0.1, 0.15) is 24.2 Å². The lowest BCUT2D eigenvalue weighted by atomic mass is 10.2. The van der Waals surface area contributed by atoms with Gasteiger partial charge in [0.15, 0.2) is 0 Å².